The Labute approximate surface area is 231 Å². The molecule has 1 N–H and O–H groups in total. The summed E-state index contributed by atoms with van der Waals surface area (Å²) in [4.78, 5) is 59.3. The molecule has 39 heavy (non-hydrogen) atoms. The number of esters is 4. The van der Waals surface area contributed by atoms with E-state index in [0.29, 0.717) is 6.42 Å². The van der Waals surface area contributed by atoms with Crippen molar-refractivity contribution in [2.24, 2.45) is 0 Å². The highest BCUT2D eigenvalue weighted by Crippen LogP contribution is 2.28. The SMILES string of the molecule is CCCCCCCCCCCCCC(CC(=O)OC1C=C(C(=O)O)CC(OC(C)=O)C1OC(C)=O)OC(C)=O. The van der Waals surface area contributed by atoms with Crippen molar-refractivity contribution in [3.8, 4) is 0 Å². The lowest BCUT2D eigenvalue weighted by molar-refractivity contribution is -0.182. The number of unbranched alkanes of at least 4 members (excludes halogenated alkanes) is 10. The Morgan fingerprint density at radius 3 is 1.82 bits per heavy atom. The molecular formula is C29H46O10. The lowest BCUT2D eigenvalue weighted by Gasteiger charge is -2.34. The highest BCUT2D eigenvalue weighted by Gasteiger charge is 2.42. The third-order valence-corrected chi connectivity index (χ3v) is 6.50. The van der Waals surface area contributed by atoms with Crippen LogP contribution in [0.25, 0.3) is 0 Å². The average Bonchev–Trinajstić information content (AvgIpc) is 2.83. The summed E-state index contributed by atoms with van der Waals surface area (Å²) in [5.41, 5.74) is -0.139. The molecule has 0 heterocycles. The number of rotatable bonds is 19. The molecule has 1 aliphatic rings. The molecule has 0 spiro atoms. The molecule has 0 amide bonds. The molecule has 0 radical (unpaired) electrons. The number of aliphatic carboxylic acids is 1. The third-order valence-electron chi connectivity index (χ3n) is 6.50. The molecule has 0 aromatic rings. The Morgan fingerprint density at radius 1 is 0.795 bits per heavy atom. The molecule has 0 fully saturated rings. The first-order valence-electron chi connectivity index (χ1n) is 14.2. The summed E-state index contributed by atoms with van der Waals surface area (Å²) in [5.74, 6) is -3.95. The zero-order valence-corrected chi connectivity index (χ0v) is 23.9. The van der Waals surface area contributed by atoms with Crippen LogP contribution in [0.2, 0.25) is 0 Å². The number of hydrogen-bond donors (Lipinski definition) is 1. The van der Waals surface area contributed by atoms with E-state index in [1.807, 2.05) is 0 Å². The molecule has 0 bridgehead atoms. The number of carboxylic acids is 1. The molecule has 4 atom stereocenters. The summed E-state index contributed by atoms with van der Waals surface area (Å²) in [6.07, 6.45) is 9.72. The molecular weight excluding hydrogens is 508 g/mol. The summed E-state index contributed by atoms with van der Waals surface area (Å²) in [5, 5.41) is 9.47. The minimum atomic E-state index is -1.29. The van der Waals surface area contributed by atoms with Gasteiger partial charge >= 0.3 is 29.8 Å². The van der Waals surface area contributed by atoms with Gasteiger partial charge in [-0.25, -0.2) is 4.79 Å². The van der Waals surface area contributed by atoms with Crippen LogP contribution in [0.5, 0.6) is 0 Å². The lowest BCUT2D eigenvalue weighted by Crippen LogP contribution is -2.48. The maximum Gasteiger partial charge on any atom is 0.331 e. The first kappa shape index (κ1) is 34.1. The molecule has 1 rings (SSSR count). The Kier molecular flexibility index (Phi) is 16.8. The van der Waals surface area contributed by atoms with E-state index in [1.165, 1.54) is 57.9 Å². The van der Waals surface area contributed by atoms with Gasteiger partial charge in [-0.1, -0.05) is 71.1 Å². The van der Waals surface area contributed by atoms with Crippen molar-refractivity contribution in [3.05, 3.63) is 11.6 Å². The van der Waals surface area contributed by atoms with Crippen molar-refractivity contribution in [3.63, 3.8) is 0 Å². The normalized spacial score (nSPS) is 19.4. The molecule has 0 aliphatic heterocycles. The second-order valence-corrected chi connectivity index (χ2v) is 10.1. The Morgan fingerprint density at radius 2 is 1.33 bits per heavy atom. The van der Waals surface area contributed by atoms with Gasteiger partial charge in [-0.15, -0.1) is 0 Å². The molecule has 0 aromatic heterocycles. The highest BCUT2D eigenvalue weighted by molar-refractivity contribution is 5.87. The second-order valence-electron chi connectivity index (χ2n) is 10.1. The van der Waals surface area contributed by atoms with Crippen LogP contribution in [0, 0.1) is 0 Å². The van der Waals surface area contributed by atoms with Crippen molar-refractivity contribution < 1.29 is 48.0 Å². The smallest absolute Gasteiger partial charge is 0.331 e. The van der Waals surface area contributed by atoms with Crippen LogP contribution in [0.1, 0.15) is 118 Å². The van der Waals surface area contributed by atoms with Crippen molar-refractivity contribution in [2.75, 3.05) is 0 Å². The largest absolute Gasteiger partial charge is 0.478 e. The number of carbonyl (C=O) groups excluding carboxylic acids is 4. The van der Waals surface area contributed by atoms with Gasteiger partial charge in [0.1, 0.15) is 12.2 Å². The van der Waals surface area contributed by atoms with E-state index in [2.05, 4.69) is 6.92 Å². The van der Waals surface area contributed by atoms with E-state index in [4.69, 9.17) is 18.9 Å². The predicted octanol–water partition coefficient (Wildman–Crippen LogP) is 5.20. The molecule has 4 unspecified atom stereocenters. The minimum absolute atomic E-state index is 0.139. The fraction of sp³-hybridized carbons (Fsp3) is 0.759. The number of carbonyl (C=O) groups is 5. The minimum Gasteiger partial charge on any atom is -0.478 e. The quantitative estimate of drug-likeness (QED) is 0.129. The zero-order chi connectivity index (χ0) is 29.2. The van der Waals surface area contributed by atoms with E-state index in [0.717, 1.165) is 39.5 Å². The fourth-order valence-corrected chi connectivity index (χ4v) is 4.68. The highest BCUT2D eigenvalue weighted by atomic mass is 16.6. The summed E-state index contributed by atoms with van der Waals surface area (Å²) in [6.45, 7) is 5.76. The van der Waals surface area contributed by atoms with Gasteiger partial charge in [0.05, 0.1) is 6.42 Å². The average molecular weight is 555 g/mol. The maximum atomic E-state index is 12.8. The van der Waals surface area contributed by atoms with Gasteiger partial charge < -0.3 is 24.1 Å². The maximum absolute atomic E-state index is 12.8. The van der Waals surface area contributed by atoms with Crippen LogP contribution in [-0.2, 0) is 42.9 Å². The van der Waals surface area contributed by atoms with Crippen molar-refractivity contribution in [1.82, 2.24) is 0 Å². The number of hydrogen-bond acceptors (Lipinski definition) is 9. The van der Waals surface area contributed by atoms with Gasteiger partial charge in [0.15, 0.2) is 12.2 Å². The van der Waals surface area contributed by atoms with E-state index in [9.17, 15) is 29.1 Å². The van der Waals surface area contributed by atoms with Gasteiger partial charge in [-0.3, -0.25) is 19.2 Å². The summed E-state index contributed by atoms with van der Waals surface area (Å²) in [6, 6.07) is 0. The Bertz CT molecular complexity index is 834. The second kappa shape index (κ2) is 19.2. The fourth-order valence-electron chi connectivity index (χ4n) is 4.68. The van der Waals surface area contributed by atoms with E-state index >= 15 is 0 Å². The van der Waals surface area contributed by atoms with Crippen LogP contribution in [0.4, 0.5) is 0 Å². The summed E-state index contributed by atoms with van der Waals surface area (Å²) >= 11 is 0. The molecule has 10 heteroatoms. The molecule has 0 saturated heterocycles. The topological polar surface area (TPSA) is 143 Å². The Balaban J connectivity index is 2.66. The summed E-state index contributed by atoms with van der Waals surface area (Å²) in [7, 11) is 0. The van der Waals surface area contributed by atoms with Crippen molar-refractivity contribution in [1.29, 1.82) is 0 Å². The van der Waals surface area contributed by atoms with E-state index in [1.54, 1.807) is 0 Å². The van der Waals surface area contributed by atoms with Crippen LogP contribution in [0.15, 0.2) is 11.6 Å². The van der Waals surface area contributed by atoms with Crippen LogP contribution < -0.4 is 0 Å². The zero-order valence-electron chi connectivity index (χ0n) is 23.9. The molecule has 0 aromatic carbocycles. The number of ether oxygens (including phenoxy) is 4. The van der Waals surface area contributed by atoms with E-state index in [-0.39, 0.29) is 18.4 Å². The number of carboxylic acid groups (broad SMARTS) is 1. The monoisotopic (exact) mass is 554 g/mol. The van der Waals surface area contributed by atoms with Crippen molar-refractivity contribution in [2.45, 2.75) is 142 Å². The van der Waals surface area contributed by atoms with Crippen LogP contribution >= 0.6 is 0 Å². The molecule has 222 valence electrons. The first-order chi connectivity index (χ1) is 18.5. The third kappa shape index (κ3) is 15.3. The van der Waals surface area contributed by atoms with Gasteiger partial charge in [0.2, 0.25) is 0 Å². The predicted molar refractivity (Wildman–Crippen MR) is 143 cm³/mol. The molecule has 10 nitrogen and oxygen atoms in total. The first-order valence-corrected chi connectivity index (χ1v) is 14.2. The standard InChI is InChI=1S/C29H46O10/c1-5-6-7-8-9-10-11-12-13-14-15-16-24(36-20(2)30)19-27(33)39-26-18-23(29(34)35)17-25(37-21(3)31)28(26)38-22(4)32/h18,24-26,28H,5-17,19H2,1-4H3,(H,34,35). The van der Waals surface area contributed by atoms with Crippen LogP contribution in [-0.4, -0.2) is 59.4 Å². The van der Waals surface area contributed by atoms with Gasteiger partial charge in [-0.2, -0.15) is 0 Å². The Hall–Kier alpha value is -2.91. The van der Waals surface area contributed by atoms with E-state index < -0.39 is 54.3 Å². The molecule has 1 aliphatic carbocycles. The summed E-state index contributed by atoms with van der Waals surface area (Å²) < 4.78 is 21.2. The van der Waals surface area contributed by atoms with Gasteiger partial charge in [-0.05, 0) is 18.9 Å². The van der Waals surface area contributed by atoms with Gasteiger partial charge in [0.25, 0.3) is 0 Å². The van der Waals surface area contributed by atoms with Crippen molar-refractivity contribution >= 4 is 29.8 Å². The van der Waals surface area contributed by atoms with Crippen LogP contribution in [0.3, 0.4) is 0 Å². The van der Waals surface area contributed by atoms with Gasteiger partial charge in [0, 0.05) is 32.8 Å². The lowest BCUT2D eigenvalue weighted by atomic mass is 9.91. The molecule has 0 saturated carbocycles.